The summed E-state index contributed by atoms with van der Waals surface area (Å²) < 4.78 is 7.05. The van der Waals surface area contributed by atoms with E-state index >= 15 is 0 Å². The van der Waals surface area contributed by atoms with Gasteiger partial charge in [0.1, 0.15) is 5.60 Å². The maximum Gasteiger partial charge on any atom is 0.338 e. The SMILES string of the molecule is Cc1cnc(Nc2ccc(C(=O)OC(C)(C)C)cc2)nc1-n1cccn1. The Bertz CT molecular complexity index is 897. The fourth-order valence-corrected chi connectivity index (χ4v) is 2.28. The molecule has 0 aliphatic carbocycles. The minimum absolute atomic E-state index is 0.350. The molecule has 0 radical (unpaired) electrons. The quantitative estimate of drug-likeness (QED) is 0.722. The first-order valence-corrected chi connectivity index (χ1v) is 8.26. The molecule has 26 heavy (non-hydrogen) atoms. The maximum absolute atomic E-state index is 12.1. The van der Waals surface area contributed by atoms with Gasteiger partial charge in [0.15, 0.2) is 5.82 Å². The van der Waals surface area contributed by atoms with E-state index in [2.05, 4.69) is 20.4 Å². The van der Waals surface area contributed by atoms with Crippen LogP contribution in [0.4, 0.5) is 11.6 Å². The van der Waals surface area contributed by atoms with E-state index in [4.69, 9.17) is 4.74 Å². The number of nitrogens with one attached hydrogen (secondary N) is 1. The zero-order chi connectivity index (χ0) is 18.7. The highest BCUT2D eigenvalue weighted by atomic mass is 16.6. The molecular weight excluding hydrogens is 330 g/mol. The van der Waals surface area contributed by atoms with E-state index in [1.165, 1.54) is 0 Å². The Balaban J connectivity index is 1.76. The van der Waals surface area contributed by atoms with Gasteiger partial charge in [0.2, 0.25) is 5.95 Å². The molecule has 0 amide bonds. The molecule has 0 saturated heterocycles. The number of esters is 1. The van der Waals surface area contributed by atoms with Crippen molar-refractivity contribution in [2.24, 2.45) is 0 Å². The van der Waals surface area contributed by atoms with Crippen LogP contribution in [-0.2, 0) is 4.74 Å². The van der Waals surface area contributed by atoms with Gasteiger partial charge in [0, 0.05) is 29.8 Å². The van der Waals surface area contributed by atoms with Crippen LogP contribution in [0.15, 0.2) is 48.9 Å². The van der Waals surface area contributed by atoms with E-state index < -0.39 is 5.60 Å². The smallest absolute Gasteiger partial charge is 0.338 e. The van der Waals surface area contributed by atoms with Gasteiger partial charge in [-0.1, -0.05) is 0 Å². The van der Waals surface area contributed by atoms with Gasteiger partial charge in [-0.15, -0.1) is 0 Å². The number of hydrogen-bond acceptors (Lipinski definition) is 6. The molecular formula is C19H21N5O2. The second-order valence-corrected chi connectivity index (χ2v) is 6.86. The van der Waals surface area contributed by atoms with Crippen molar-refractivity contribution in [3.63, 3.8) is 0 Å². The van der Waals surface area contributed by atoms with Crippen LogP contribution >= 0.6 is 0 Å². The average Bonchev–Trinajstić information content (AvgIpc) is 3.10. The van der Waals surface area contributed by atoms with E-state index in [1.54, 1.807) is 41.3 Å². The zero-order valence-corrected chi connectivity index (χ0v) is 15.2. The number of benzene rings is 1. The Kier molecular flexibility index (Phi) is 4.71. The van der Waals surface area contributed by atoms with Crippen molar-refractivity contribution in [3.05, 3.63) is 60.0 Å². The summed E-state index contributed by atoms with van der Waals surface area (Å²) in [7, 11) is 0. The topological polar surface area (TPSA) is 81.9 Å². The third-order valence-electron chi connectivity index (χ3n) is 3.44. The Hall–Kier alpha value is -3.22. The molecule has 0 aliphatic rings. The van der Waals surface area contributed by atoms with E-state index in [1.807, 2.05) is 40.0 Å². The van der Waals surface area contributed by atoms with Crippen molar-refractivity contribution in [2.75, 3.05) is 5.32 Å². The molecule has 1 N–H and O–H groups in total. The Labute approximate surface area is 152 Å². The summed E-state index contributed by atoms with van der Waals surface area (Å²) in [6.45, 7) is 7.45. The van der Waals surface area contributed by atoms with Gasteiger partial charge in [0.05, 0.1) is 5.56 Å². The number of aromatic nitrogens is 4. The molecule has 0 unspecified atom stereocenters. The molecule has 1 aromatic carbocycles. The number of anilines is 2. The molecule has 0 bridgehead atoms. The number of rotatable bonds is 4. The first-order valence-electron chi connectivity index (χ1n) is 8.26. The number of carbonyl (C=O) groups excluding carboxylic acids is 1. The molecule has 7 heteroatoms. The lowest BCUT2D eigenvalue weighted by atomic mass is 10.1. The van der Waals surface area contributed by atoms with Crippen LogP contribution in [0.1, 0.15) is 36.7 Å². The minimum atomic E-state index is -0.521. The zero-order valence-electron chi connectivity index (χ0n) is 15.2. The lowest BCUT2D eigenvalue weighted by molar-refractivity contribution is 0.00696. The van der Waals surface area contributed by atoms with E-state index in [0.29, 0.717) is 17.3 Å². The molecule has 2 aromatic heterocycles. The van der Waals surface area contributed by atoms with Crippen molar-refractivity contribution in [1.82, 2.24) is 19.7 Å². The van der Waals surface area contributed by atoms with E-state index in [-0.39, 0.29) is 5.97 Å². The summed E-state index contributed by atoms with van der Waals surface area (Å²) in [5.74, 6) is 0.806. The van der Waals surface area contributed by atoms with Gasteiger partial charge < -0.3 is 10.1 Å². The fourth-order valence-electron chi connectivity index (χ4n) is 2.28. The molecule has 3 aromatic rings. The predicted molar refractivity (Wildman–Crippen MR) is 98.8 cm³/mol. The summed E-state index contributed by atoms with van der Waals surface area (Å²) in [6, 6.07) is 8.83. The first kappa shape index (κ1) is 17.6. The van der Waals surface area contributed by atoms with Gasteiger partial charge >= 0.3 is 5.97 Å². The first-order chi connectivity index (χ1) is 12.3. The molecule has 0 saturated carbocycles. The summed E-state index contributed by atoms with van der Waals surface area (Å²) in [4.78, 5) is 20.9. The minimum Gasteiger partial charge on any atom is -0.456 e. The highest BCUT2D eigenvalue weighted by Crippen LogP contribution is 2.18. The molecule has 2 heterocycles. The predicted octanol–water partition coefficient (Wildman–Crippen LogP) is 3.67. The van der Waals surface area contributed by atoms with Crippen molar-refractivity contribution < 1.29 is 9.53 Å². The Morgan fingerprint density at radius 3 is 2.54 bits per heavy atom. The van der Waals surface area contributed by atoms with Gasteiger partial charge in [-0.05, 0) is 58.0 Å². The Morgan fingerprint density at radius 1 is 1.19 bits per heavy atom. The van der Waals surface area contributed by atoms with Crippen molar-refractivity contribution in [1.29, 1.82) is 0 Å². The van der Waals surface area contributed by atoms with Crippen LogP contribution in [0.25, 0.3) is 5.82 Å². The number of ether oxygens (including phenoxy) is 1. The maximum atomic E-state index is 12.1. The van der Waals surface area contributed by atoms with Gasteiger partial charge in [-0.3, -0.25) is 0 Å². The largest absolute Gasteiger partial charge is 0.456 e. The second kappa shape index (κ2) is 6.95. The normalized spacial score (nSPS) is 11.2. The summed E-state index contributed by atoms with van der Waals surface area (Å²) >= 11 is 0. The van der Waals surface area contributed by atoms with Gasteiger partial charge in [-0.25, -0.2) is 14.5 Å². The van der Waals surface area contributed by atoms with Crippen molar-refractivity contribution >= 4 is 17.6 Å². The molecule has 3 rings (SSSR count). The highest BCUT2D eigenvalue weighted by Gasteiger charge is 2.17. The van der Waals surface area contributed by atoms with E-state index in [0.717, 1.165) is 11.3 Å². The van der Waals surface area contributed by atoms with Crippen LogP contribution in [0.3, 0.4) is 0 Å². The van der Waals surface area contributed by atoms with Crippen LogP contribution in [-0.4, -0.2) is 31.3 Å². The van der Waals surface area contributed by atoms with E-state index in [9.17, 15) is 4.79 Å². The summed E-state index contributed by atoms with van der Waals surface area (Å²) in [6.07, 6.45) is 5.26. The Morgan fingerprint density at radius 2 is 1.92 bits per heavy atom. The van der Waals surface area contributed by atoms with Crippen LogP contribution < -0.4 is 5.32 Å². The lowest BCUT2D eigenvalue weighted by Gasteiger charge is -2.19. The molecule has 0 aliphatic heterocycles. The van der Waals surface area contributed by atoms with Crippen LogP contribution in [0, 0.1) is 6.92 Å². The number of nitrogens with zero attached hydrogens (tertiary/aromatic N) is 4. The number of aryl methyl sites for hydroxylation is 1. The van der Waals surface area contributed by atoms with Gasteiger partial charge in [-0.2, -0.15) is 10.1 Å². The molecule has 0 fully saturated rings. The average molecular weight is 351 g/mol. The number of hydrogen-bond donors (Lipinski definition) is 1. The standard InChI is InChI=1S/C19H21N5O2/c1-13-12-20-18(23-16(13)24-11-5-10-21-24)22-15-8-6-14(7-9-15)17(25)26-19(2,3)4/h5-12H,1-4H3,(H,20,22,23). The summed E-state index contributed by atoms with van der Waals surface area (Å²) in [5.41, 5.74) is 1.66. The number of carbonyl (C=O) groups is 1. The van der Waals surface area contributed by atoms with Crippen molar-refractivity contribution in [2.45, 2.75) is 33.3 Å². The molecule has 7 nitrogen and oxygen atoms in total. The van der Waals surface area contributed by atoms with Gasteiger partial charge in [0.25, 0.3) is 0 Å². The summed E-state index contributed by atoms with van der Waals surface area (Å²) in [5, 5.41) is 7.34. The second-order valence-electron chi connectivity index (χ2n) is 6.86. The fraction of sp³-hybridized carbons (Fsp3) is 0.263. The third kappa shape index (κ3) is 4.24. The highest BCUT2D eigenvalue weighted by molar-refractivity contribution is 5.90. The molecule has 0 spiro atoms. The molecule has 134 valence electrons. The van der Waals surface area contributed by atoms with Crippen LogP contribution in [0.2, 0.25) is 0 Å². The monoisotopic (exact) mass is 351 g/mol. The molecule has 0 atom stereocenters. The van der Waals surface area contributed by atoms with Crippen molar-refractivity contribution in [3.8, 4) is 5.82 Å². The lowest BCUT2D eigenvalue weighted by Crippen LogP contribution is -2.23. The third-order valence-corrected chi connectivity index (χ3v) is 3.44. The van der Waals surface area contributed by atoms with Crippen LogP contribution in [0.5, 0.6) is 0 Å².